The second-order valence-electron chi connectivity index (χ2n) is 9.80. The molecule has 172 valence electrons. The molecule has 7 nitrogen and oxygen atoms in total. The molecule has 0 aromatic carbocycles. The lowest BCUT2D eigenvalue weighted by atomic mass is 9.71. The lowest BCUT2D eigenvalue weighted by Gasteiger charge is -2.32. The number of rotatable bonds is 13. The van der Waals surface area contributed by atoms with Crippen LogP contribution >= 0.6 is 0 Å². The normalized spacial score (nSPS) is 17.7. The second-order valence-corrected chi connectivity index (χ2v) is 9.80. The number of hydrogen-bond donors (Lipinski definition) is 2. The van der Waals surface area contributed by atoms with Gasteiger partial charge in [0.15, 0.2) is 5.82 Å². The van der Waals surface area contributed by atoms with E-state index in [0.29, 0.717) is 24.9 Å². The zero-order valence-corrected chi connectivity index (χ0v) is 19.3. The molecular weight excluding hydrogens is 382 g/mol. The highest BCUT2D eigenvalue weighted by Gasteiger charge is 2.41. The van der Waals surface area contributed by atoms with Gasteiger partial charge in [-0.25, -0.2) is 0 Å². The smallest absolute Gasteiger partial charge is 0.307 e. The van der Waals surface area contributed by atoms with Gasteiger partial charge in [-0.05, 0) is 30.7 Å². The molecule has 1 aliphatic carbocycles. The molecule has 0 bridgehead atoms. The van der Waals surface area contributed by atoms with Crippen molar-refractivity contribution in [1.29, 1.82) is 0 Å². The van der Waals surface area contributed by atoms with Gasteiger partial charge in [0.2, 0.25) is 5.89 Å². The summed E-state index contributed by atoms with van der Waals surface area (Å²) in [5, 5.41) is 17.4. The summed E-state index contributed by atoms with van der Waals surface area (Å²) in [5.41, 5.74) is -0.394. The monoisotopic (exact) mass is 423 g/mol. The standard InChI is InChI=1S/C23H41N3O4/c1-23(2,3)20(22(27)28)18(13-8-12-17-10-6-5-7-11-17)21-25-19(26-30-21)16-24-14-9-15-29-4/h17-18,20,24H,5-16H2,1-4H3,(H,27,28)/t18-,20?/m1/s1. The maximum Gasteiger partial charge on any atom is 0.307 e. The fourth-order valence-electron chi connectivity index (χ4n) is 4.71. The molecule has 2 rings (SSSR count). The second kappa shape index (κ2) is 12.4. The van der Waals surface area contributed by atoms with Crippen LogP contribution in [0.2, 0.25) is 0 Å². The number of hydrogen-bond acceptors (Lipinski definition) is 6. The average molecular weight is 424 g/mol. The largest absolute Gasteiger partial charge is 0.481 e. The van der Waals surface area contributed by atoms with Crippen molar-refractivity contribution in [2.24, 2.45) is 17.3 Å². The Morgan fingerprint density at radius 3 is 2.63 bits per heavy atom. The van der Waals surface area contributed by atoms with Gasteiger partial charge in [-0.1, -0.05) is 70.9 Å². The number of aliphatic carboxylic acids is 1. The van der Waals surface area contributed by atoms with Gasteiger partial charge in [0.1, 0.15) is 0 Å². The third-order valence-electron chi connectivity index (χ3n) is 6.24. The molecular formula is C23H41N3O4. The number of methoxy groups -OCH3 is 1. The predicted octanol–water partition coefficient (Wildman–Crippen LogP) is 4.78. The van der Waals surface area contributed by atoms with Crippen molar-refractivity contribution < 1.29 is 19.2 Å². The average Bonchev–Trinajstić information content (AvgIpc) is 3.15. The van der Waals surface area contributed by atoms with Crippen LogP contribution < -0.4 is 5.32 Å². The van der Waals surface area contributed by atoms with Gasteiger partial charge in [0.25, 0.3) is 0 Å². The molecule has 0 saturated heterocycles. The van der Waals surface area contributed by atoms with E-state index in [1.54, 1.807) is 7.11 Å². The minimum Gasteiger partial charge on any atom is -0.481 e. The Morgan fingerprint density at radius 2 is 2.00 bits per heavy atom. The van der Waals surface area contributed by atoms with Crippen LogP contribution in [0.15, 0.2) is 4.52 Å². The Bertz CT molecular complexity index is 620. The highest BCUT2D eigenvalue weighted by Crippen LogP contribution is 2.41. The minimum absolute atomic E-state index is 0.263. The minimum atomic E-state index is -0.789. The van der Waals surface area contributed by atoms with Crippen LogP contribution in [0.5, 0.6) is 0 Å². The quantitative estimate of drug-likeness (QED) is 0.441. The van der Waals surface area contributed by atoms with E-state index < -0.39 is 17.3 Å². The molecule has 1 fully saturated rings. The number of carboxylic acid groups (broad SMARTS) is 1. The Balaban J connectivity index is 2.03. The van der Waals surface area contributed by atoms with E-state index in [9.17, 15) is 9.90 Å². The molecule has 0 radical (unpaired) electrons. The summed E-state index contributed by atoms with van der Waals surface area (Å²) >= 11 is 0. The Kier molecular flexibility index (Phi) is 10.2. The topological polar surface area (TPSA) is 97.5 Å². The number of nitrogens with zero attached hydrogens (tertiary/aromatic N) is 2. The summed E-state index contributed by atoms with van der Waals surface area (Å²) in [7, 11) is 1.69. The van der Waals surface area contributed by atoms with Gasteiger partial charge < -0.3 is 19.7 Å². The van der Waals surface area contributed by atoms with Gasteiger partial charge in [0.05, 0.1) is 18.4 Å². The van der Waals surface area contributed by atoms with Gasteiger partial charge in [-0.15, -0.1) is 0 Å². The molecule has 2 atom stereocenters. The van der Waals surface area contributed by atoms with Crippen molar-refractivity contribution in [3.63, 3.8) is 0 Å². The van der Waals surface area contributed by atoms with Gasteiger partial charge in [-0.2, -0.15) is 4.98 Å². The summed E-state index contributed by atoms with van der Waals surface area (Å²) in [4.78, 5) is 16.8. The first kappa shape index (κ1) is 24.8. The number of carboxylic acids is 1. The highest BCUT2D eigenvalue weighted by molar-refractivity contribution is 5.72. The summed E-state index contributed by atoms with van der Waals surface area (Å²) < 4.78 is 10.6. The third kappa shape index (κ3) is 7.99. The number of ether oxygens (including phenoxy) is 1. The van der Waals surface area contributed by atoms with E-state index in [1.165, 1.54) is 32.1 Å². The first-order valence-corrected chi connectivity index (χ1v) is 11.6. The van der Waals surface area contributed by atoms with Gasteiger partial charge in [-0.3, -0.25) is 4.79 Å². The van der Waals surface area contributed by atoms with E-state index in [2.05, 4.69) is 15.5 Å². The first-order valence-electron chi connectivity index (χ1n) is 11.6. The number of carbonyl (C=O) groups is 1. The molecule has 30 heavy (non-hydrogen) atoms. The van der Waals surface area contributed by atoms with Crippen molar-refractivity contribution in [2.45, 2.75) is 91.0 Å². The van der Waals surface area contributed by atoms with Crippen molar-refractivity contribution in [2.75, 3.05) is 20.3 Å². The molecule has 1 aliphatic rings. The summed E-state index contributed by atoms with van der Waals surface area (Å²) in [6, 6.07) is 0. The summed E-state index contributed by atoms with van der Waals surface area (Å²) in [5.74, 6) is 0.217. The van der Waals surface area contributed by atoms with Crippen LogP contribution in [-0.4, -0.2) is 41.5 Å². The van der Waals surface area contributed by atoms with Gasteiger partial charge in [0, 0.05) is 13.7 Å². The zero-order chi connectivity index (χ0) is 22.0. The lowest BCUT2D eigenvalue weighted by Crippen LogP contribution is -2.34. The Hall–Kier alpha value is -1.47. The first-order chi connectivity index (χ1) is 14.3. The maximum absolute atomic E-state index is 12.2. The number of aromatic nitrogens is 2. The zero-order valence-electron chi connectivity index (χ0n) is 19.3. The van der Waals surface area contributed by atoms with E-state index >= 15 is 0 Å². The number of nitrogens with one attached hydrogen (secondary N) is 1. The van der Waals surface area contributed by atoms with E-state index in [-0.39, 0.29) is 5.92 Å². The third-order valence-corrected chi connectivity index (χ3v) is 6.24. The molecule has 1 unspecified atom stereocenters. The predicted molar refractivity (Wildman–Crippen MR) is 116 cm³/mol. The summed E-state index contributed by atoms with van der Waals surface area (Å²) in [6.45, 7) is 7.97. The molecule has 1 saturated carbocycles. The van der Waals surface area contributed by atoms with Crippen molar-refractivity contribution in [3.05, 3.63) is 11.7 Å². The van der Waals surface area contributed by atoms with Crippen molar-refractivity contribution >= 4 is 5.97 Å². The Labute approximate surface area is 181 Å². The summed E-state index contributed by atoms with van der Waals surface area (Å²) in [6.07, 6.45) is 10.5. The van der Waals surface area contributed by atoms with Crippen LogP contribution in [-0.2, 0) is 16.1 Å². The van der Waals surface area contributed by atoms with Crippen LogP contribution in [0.3, 0.4) is 0 Å². The van der Waals surface area contributed by atoms with Crippen LogP contribution in [0.1, 0.15) is 96.2 Å². The molecule has 0 spiro atoms. The molecule has 0 aliphatic heterocycles. The Morgan fingerprint density at radius 1 is 1.27 bits per heavy atom. The fraction of sp³-hybridized carbons (Fsp3) is 0.870. The van der Waals surface area contributed by atoms with Crippen molar-refractivity contribution in [1.82, 2.24) is 15.5 Å². The van der Waals surface area contributed by atoms with Crippen LogP contribution in [0, 0.1) is 17.3 Å². The lowest BCUT2D eigenvalue weighted by molar-refractivity contribution is -0.147. The molecule has 0 amide bonds. The highest BCUT2D eigenvalue weighted by atomic mass is 16.5. The molecule has 2 N–H and O–H groups in total. The SMILES string of the molecule is COCCCNCc1noc([C@H](CCCC2CCCCC2)C(C(=O)O)C(C)(C)C)n1. The molecule has 1 aromatic heterocycles. The van der Waals surface area contributed by atoms with E-state index in [0.717, 1.165) is 38.1 Å². The molecule has 7 heteroatoms. The van der Waals surface area contributed by atoms with Crippen LogP contribution in [0.25, 0.3) is 0 Å². The van der Waals surface area contributed by atoms with Crippen LogP contribution in [0.4, 0.5) is 0 Å². The molecule has 1 heterocycles. The van der Waals surface area contributed by atoms with Gasteiger partial charge >= 0.3 is 5.97 Å². The van der Waals surface area contributed by atoms with Crippen molar-refractivity contribution in [3.8, 4) is 0 Å². The van der Waals surface area contributed by atoms with E-state index in [4.69, 9.17) is 9.26 Å². The van der Waals surface area contributed by atoms with E-state index in [1.807, 2.05) is 20.8 Å². The maximum atomic E-state index is 12.2. The molecule has 1 aromatic rings. The fourth-order valence-corrected chi connectivity index (χ4v) is 4.71.